The van der Waals surface area contributed by atoms with Crippen molar-refractivity contribution in [3.05, 3.63) is 5.01 Å². The summed E-state index contributed by atoms with van der Waals surface area (Å²) in [6.45, 7) is 5.60. The lowest BCUT2D eigenvalue weighted by atomic mass is 9.95. The molecule has 1 saturated carbocycles. The summed E-state index contributed by atoms with van der Waals surface area (Å²) in [6, 6.07) is 0. The van der Waals surface area contributed by atoms with Crippen molar-refractivity contribution >= 4 is 43.4 Å². The van der Waals surface area contributed by atoms with Crippen LogP contribution in [0.1, 0.15) is 44.5 Å². The van der Waals surface area contributed by atoms with Gasteiger partial charge in [0.2, 0.25) is 15.2 Å². The molecule has 154 valence electrons. The largest absolute Gasteiger partial charge is 0.461 e. The predicted molar refractivity (Wildman–Crippen MR) is 109 cm³/mol. The lowest BCUT2D eigenvalue weighted by Gasteiger charge is -2.37. The second-order valence-electron chi connectivity index (χ2n) is 6.96. The number of hydrogen-bond donors (Lipinski definition) is 0. The molecule has 27 heavy (non-hydrogen) atoms. The summed E-state index contributed by atoms with van der Waals surface area (Å²) in [5.74, 6) is 0.542. The minimum atomic E-state index is -3.78. The Morgan fingerprint density at radius 2 is 2.04 bits per heavy atom. The first-order valence-corrected chi connectivity index (χ1v) is 13.3. The molecule has 2 atom stereocenters. The normalized spacial score (nSPS) is 20.0. The molecule has 1 aromatic rings. The van der Waals surface area contributed by atoms with E-state index < -0.39 is 27.3 Å². The van der Waals surface area contributed by atoms with E-state index in [0.717, 1.165) is 10.8 Å². The van der Waals surface area contributed by atoms with Gasteiger partial charge in [-0.25, -0.2) is 12.7 Å². The van der Waals surface area contributed by atoms with Crippen molar-refractivity contribution in [2.45, 2.75) is 50.9 Å². The van der Waals surface area contributed by atoms with Crippen molar-refractivity contribution in [1.29, 1.82) is 0 Å². The van der Waals surface area contributed by atoms with Crippen LogP contribution >= 0.6 is 11.3 Å². The Morgan fingerprint density at radius 1 is 1.33 bits per heavy atom. The molecule has 0 spiro atoms. The van der Waals surface area contributed by atoms with E-state index in [1.54, 1.807) is 0 Å². The Hall–Kier alpha value is -0.910. The third kappa shape index (κ3) is 5.78. The molecule has 0 aliphatic heterocycles. The van der Waals surface area contributed by atoms with Crippen molar-refractivity contribution < 1.29 is 22.7 Å². The van der Waals surface area contributed by atoms with E-state index >= 15 is 0 Å². The van der Waals surface area contributed by atoms with Gasteiger partial charge in [0.15, 0.2) is 0 Å². The van der Waals surface area contributed by atoms with E-state index in [-0.39, 0.29) is 23.5 Å². The van der Waals surface area contributed by atoms with Crippen molar-refractivity contribution in [2.75, 3.05) is 35.9 Å². The average Bonchev–Trinajstić information content (AvgIpc) is 3.00. The summed E-state index contributed by atoms with van der Waals surface area (Å²) in [5, 5.41) is 8.45. The molecule has 8 nitrogen and oxygen atoms in total. The van der Waals surface area contributed by atoms with Gasteiger partial charge < -0.3 is 9.47 Å². The second-order valence-corrected chi connectivity index (χ2v) is 12.4. The topological polar surface area (TPSA) is 98.7 Å². The molecule has 1 aliphatic carbocycles. The van der Waals surface area contributed by atoms with Crippen LogP contribution in [0.2, 0.25) is 0 Å². The van der Waals surface area contributed by atoms with Crippen LogP contribution in [0.25, 0.3) is 0 Å². The van der Waals surface area contributed by atoms with E-state index in [4.69, 9.17) is 9.47 Å². The molecule has 2 rings (SSSR count). The summed E-state index contributed by atoms with van der Waals surface area (Å²) in [4.78, 5) is 11.2. The van der Waals surface area contributed by atoms with Gasteiger partial charge in [0.05, 0.1) is 19.1 Å². The van der Waals surface area contributed by atoms with Gasteiger partial charge in [0, 0.05) is 12.8 Å². The van der Waals surface area contributed by atoms with Gasteiger partial charge in [-0.05, 0) is 23.7 Å². The fourth-order valence-corrected chi connectivity index (χ4v) is 5.89. The lowest BCUT2D eigenvalue weighted by molar-refractivity contribution is -0.149. The molecule has 0 bridgehead atoms. The van der Waals surface area contributed by atoms with Crippen LogP contribution in [0.4, 0.5) is 5.13 Å². The van der Waals surface area contributed by atoms with E-state index in [1.807, 2.05) is 13.8 Å². The van der Waals surface area contributed by atoms with E-state index in [1.165, 1.54) is 22.6 Å². The number of anilines is 1. The van der Waals surface area contributed by atoms with Gasteiger partial charge in [-0.1, -0.05) is 25.2 Å². The number of carbonyl (C=O) groups excluding carboxylic acids is 1. The van der Waals surface area contributed by atoms with Crippen molar-refractivity contribution in [3.8, 4) is 0 Å². The standard InChI is InChI=1S/C16H28N3O5S3/c1-11(2)15-17-18-16(25-15)19(10-23-8-9-26(4)5)27(21,22)14-7-6-13(14)24-12(3)20/h11,13-14H,6-10H2,1-5H3/q+1/t13?,14-/m0/s1. The molecule has 0 amide bonds. The van der Waals surface area contributed by atoms with E-state index in [0.29, 0.717) is 24.6 Å². The molecule has 0 aromatic carbocycles. The SMILES string of the molecule is CC(=O)OC1CC[C@@H]1S(=O)(=O)N(COCC[S+](C)C)c1nnc(C(C)C)s1. The van der Waals surface area contributed by atoms with Crippen LogP contribution in [-0.4, -0.2) is 67.5 Å². The fraction of sp³-hybridized carbons (Fsp3) is 0.812. The number of sulfonamides is 1. The zero-order valence-electron chi connectivity index (χ0n) is 16.4. The van der Waals surface area contributed by atoms with Crippen LogP contribution in [0.15, 0.2) is 0 Å². The van der Waals surface area contributed by atoms with Gasteiger partial charge in [-0.3, -0.25) is 4.79 Å². The molecule has 1 unspecified atom stereocenters. The van der Waals surface area contributed by atoms with Crippen LogP contribution in [0, 0.1) is 0 Å². The Balaban J connectivity index is 2.20. The number of carbonyl (C=O) groups is 1. The minimum Gasteiger partial charge on any atom is -0.461 e. The highest BCUT2D eigenvalue weighted by molar-refractivity contribution is 7.95. The Labute approximate surface area is 168 Å². The number of aromatic nitrogens is 2. The zero-order chi connectivity index (χ0) is 20.2. The molecular weight excluding hydrogens is 410 g/mol. The number of ether oxygens (including phenoxy) is 2. The highest BCUT2D eigenvalue weighted by Gasteiger charge is 2.47. The molecule has 0 saturated heterocycles. The molecule has 11 heteroatoms. The highest BCUT2D eigenvalue weighted by Crippen LogP contribution is 2.35. The number of nitrogens with zero attached hydrogens (tertiary/aromatic N) is 3. The quantitative estimate of drug-likeness (QED) is 0.237. The molecule has 0 radical (unpaired) electrons. The van der Waals surface area contributed by atoms with Crippen LogP contribution in [-0.2, 0) is 35.2 Å². The second kappa shape index (κ2) is 9.53. The zero-order valence-corrected chi connectivity index (χ0v) is 18.8. The van der Waals surface area contributed by atoms with Crippen molar-refractivity contribution in [3.63, 3.8) is 0 Å². The molecule has 0 N–H and O–H groups in total. The first-order chi connectivity index (χ1) is 12.6. The smallest absolute Gasteiger partial charge is 0.302 e. The summed E-state index contributed by atoms with van der Waals surface area (Å²) >= 11 is 1.25. The van der Waals surface area contributed by atoms with E-state index in [2.05, 4.69) is 22.7 Å². The van der Waals surface area contributed by atoms with Crippen LogP contribution < -0.4 is 4.31 Å². The Bertz CT molecular complexity index is 735. The maximum Gasteiger partial charge on any atom is 0.302 e. The first-order valence-electron chi connectivity index (χ1n) is 8.77. The molecule has 1 aromatic heterocycles. The summed E-state index contributed by atoms with van der Waals surface area (Å²) in [5.41, 5.74) is 0. The maximum absolute atomic E-state index is 13.2. The minimum absolute atomic E-state index is 0.116. The molecule has 1 aliphatic rings. The molecular formula is C16H28N3O5S3+. The van der Waals surface area contributed by atoms with Gasteiger partial charge in [-0.2, -0.15) is 0 Å². The van der Waals surface area contributed by atoms with Crippen molar-refractivity contribution in [2.24, 2.45) is 0 Å². The van der Waals surface area contributed by atoms with Gasteiger partial charge in [0.1, 0.15) is 28.8 Å². The summed E-state index contributed by atoms with van der Waals surface area (Å²) < 4.78 is 38.4. The Kier molecular flexibility index (Phi) is 7.90. The number of rotatable bonds is 10. The lowest BCUT2D eigenvalue weighted by Crippen LogP contribution is -2.52. The maximum atomic E-state index is 13.2. The molecule has 1 heterocycles. The highest BCUT2D eigenvalue weighted by atomic mass is 32.2. The van der Waals surface area contributed by atoms with Gasteiger partial charge >= 0.3 is 5.97 Å². The third-order valence-corrected chi connectivity index (χ3v) is 8.68. The summed E-state index contributed by atoms with van der Waals surface area (Å²) in [6.07, 6.45) is 4.58. The van der Waals surface area contributed by atoms with Crippen molar-refractivity contribution in [1.82, 2.24) is 10.2 Å². The average molecular weight is 439 g/mol. The molecule has 1 fully saturated rings. The fourth-order valence-electron chi connectivity index (χ4n) is 2.46. The van der Waals surface area contributed by atoms with Gasteiger partial charge in [-0.15, -0.1) is 10.2 Å². The third-order valence-electron chi connectivity index (χ3n) is 4.14. The number of esters is 1. The van der Waals surface area contributed by atoms with E-state index in [9.17, 15) is 13.2 Å². The predicted octanol–water partition coefficient (Wildman–Crippen LogP) is 1.74. The summed E-state index contributed by atoms with van der Waals surface area (Å²) in [7, 11) is -3.57. The monoisotopic (exact) mass is 438 g/mol. The van der Waals surface area contributed by atoms with Crippen LogP contribution in [0.3, 0.4) is 0 Å². The van der Waals surface area contributed by atoms with Gasteiger partial charge in [0.25, 0.3) is 0 Å². The first kappa shape index (κ1) is 22.4. The number of hydrogen-bond acceptors (Lipinski definition) is 8. The van der Waals surface area contributed by atoms with Crippen LogP contribution in [0.5, 0.6) is 0 Å². The Morgan fingerprint density at radius 3 is 2.52 bits per heavy atom.